The summed E-state index contributed by atoms with van der Waals surface area (Å²) in [6.07, 6.45) is -5.04. The van der Waals surface area contributed by atoms with Crippen LogP contribution in [0.4, 0.5) is 23.4 Å². The molecule has 0 unspecified atom stereocenters. The summed E-state index contributed by atoms with van der Waals surface area (Å²) in [5.41, 5.74) is -1.93. The lowest BCUT2D eigenvalue weighted by Crippen LogP contribution is -2.54. The van der Waals surface area contributed by atoms with Crippen LogP contribution in [0.5, 0.6) is 5.75 Å². The Morgan fingerprint density at radius 3 is 2.74 bits per heavy atom. The molecule has 1 fully saturated rings. The number of aliphatic hydroxyl groups excluding tert-OH is 1. The number of anilines is 1. The predicted octanol–water partition coefficient (Wildman–Crippen LogP) is 3.53. The van der Waals surface area contributed by atoms with Gasteiger partial charge in [-0.15, -0.1) is 0 Å². The number of nitrogens with one attached hydrogen (secondary N) is 2. The molecule has 182 valence electrons. The van der Waals surface area contributed by atoms with Gasteiger partial charge in [-0.05, 0) is 19.1 Å². The number of benzene rings is 1. The highest BCUT2D eigenvalue weighted by Gasteiger charge is 2.50. The standard InChI is InChI=1S/C22H22F4N4O4/c1-10-6-21(32,7-17(31)34-10)14-8-33-15-4-11(23)2-3-12(15)18(14)30-20-13-5-16(22(24,25)26)29-19(13)27-9-28-20/h2-5,9-10,14,17-18,31-32H,6-8H2,1H3,(H2,27,28,29,30)/t10-,14-,17-,18-,21+/m0/s1. The Morgan fingerprint density at radius 1 is 1.21 bits per heavy atom. The second-order valence-electron chi connectivity index (χ2n) is 8.80. The van der Waals surface area contributed by atoms with Crippen LogP contribution in [-0.2, 0) is 10.9 Å². The average Bonchev–Trinajstić information content (AvgIpc) is 3.18. The van der Waals surface area contributed by atoms with Crippen LogP contribution >= 0.6 is 0 Å². The second kappa shape index (κ2) is 8.07. The largest absolute Gasteiger partial charge is 0.493 e. The minimum atomic E-state index is -4.60. The molecule has 5 atom stereocenters. The summed E-state index contributed by atoms with van der Waals surface area (Å²) < 4.78 is 64.8. The lowest BCUT2D eigenvalue weighted by molar-refractivity contribution is -0.231. The number of halogens is 4. The summed E-state index contributed by atoms with van der Waals surface area (Å²) in [7, 11) is 0. The van der Waals surface area contributed by atoms with Crippen molar-refractivity contribution in [1.29, 1.82) is 0 Å². The lowest BCUT2D eigenvalue weighted by atomic mass is 9.72. The fourth-order valence-electron chi connectivity index (χ4n) is 4.93. The molecule has 0 radical (unpaired) electrons. The summed E-state index contributed by atoms with van der Waals surface area (Å²) in [4.78, 5) is 10.3. The van der Waals surface area contributed by atoms with Gasteiger partial charge in [-0.2, -0.15) is 13.2 Å². The third kappa shape index (κ3) is 4.05. The molecule has 3 aromatic rings. The maximum absolute atomic E-state index is 13.9. The number of H-pyrrole nitrogens is 1. The molecule has 4 heterocycles. The van der Waals surface area contributed by atoms with E-state index >= 15 is 0 Å². The van der Waals surface area contributed by atoms with E-state index in [1.807, 2.05) is 0 Å². The van der Waals surface area contributed by atoms with Crippen molar-refractivity contribution >= 4 is 16.9 Å². The van der Waals surface area contributed by atoms with Crippen molar-refractivity contribution in [3.8, 4) is 5.75 Å². The van der Waals surface area contributed by atoms with Gasteiger partial charge in [0.25, 0.3) is 0 Å². The van der Waals surface area contributed by atoms with E-state index in [0.717, 1.165) is 12.4 Å². The van der Waals surface area contributed by atoms with E-state index < -0.39 is 47.6 Å². The van der Waals surface area contributed by atoms with Crippen LogP contribution < -0.4 is 10.1 Å². The van der Waals surface area contributed by atoms with E-state index in [4.69, 9.17) is 9.47 Å². The molecule has 34 heavy (non-hydrogen) atoms. The van der Waals surface area contributed by atoms with E-state index in [-0.39, 0.29) is 42.0 Å². The number of alkyl halides is 3. The Labute approximate surface area is 190 Å². The maximum Gasteiger partial charge on any atom is 0.431 e. The first-order valence-corrected chi connectivity index (χ1v) is 10.7. The molecule has 4 N–H and O–H groups in total. The molecule has 0 amide bonds. The zero-order valence-corrected chi connectivity index (χ0v) is 17.9. The van der Waals surface area contributed by atoms with Crippen molar-refractivity contribution in [3.05, 3.63) is 47.7 Å². The highest BCUT2D eigenvalue weighted by molar-refractivity contribution is 5.88. The molecule has 2 aliphatic heterocycles. The Morgan fingerprint density at radius 2 is 2.00 bits per heavy atom. The molecule has 1 saturated heterocycles. The molecule has 5 rings (SSSR count). The van der Waals surface area contributed by atoms with Gasteiger partial charge in [0, 0.05) is 30.4 Å². The summed E-state index contributed by atoms with van der Waals surface area (Å²) in [6, 6.07) is 4.12. The van der Waals surface area contributed by atoms with Crippen LogP contribution in [0, 0.1) is 11.7 Å². The van der Waals surface area contributed by atoms with Gasteiger partial charge in [-0.1, -0.05) is 6.07 Å². The summed E-state index contributed by atoms with van der Waals surface area (Å²) in [5.74, 6) is -0.839. The lowest BCUT2D eigenvalue weighted by Gasteiger charge is -2.47. The van der Waals surface area contributed by atoms with Crippen LogP contribution in [0.1, 0.15) is 37.1 Å². The van der Waals surface area contributed by atoms with E-state index in [9.17, 15) is 27.8 Å². The minimum Gasteiger partial charge on any atom is -0.493 e. The second-order valence-corrected chi connectivity index (χ2v) is 8.80. The molecular formula is C22H22F4N4O4. The molecule has 0 saturated carbocycles. The van der Waals surface area contributed by atoms with Crippen LogP contribution in [0.15, 0.2) is 30.6 Å². The number of ether oxygens (including phenoxy) is 2. The highest BCUT2D eigenvalue weighted by Crippen LogP contribution is 2.47. The molecule has 12 heteroatoms. The summed E-state index contributed by atoms with van der Waals surface area (Å²) >= 11 is 0. The quantitative estimate of drug-likeness (QED) is 0.423. The Hall–Kier alpha value is -2.96. The molecule has 8 nitrogen and oxygen atoms in total. The van der Waals surface area contributed by atoms with Crippen LogP contribution in [-0.4, -0.2) is 49.8 Å². The van der Waals surface area contributed by atoms with E-state index in [2.05, 4.69) is 20.3 Å². The monoisotopic (exact) mass is 482 g/mol. The third-order valence-corrected chi connectivity index (χ3v) is 6.40. The molecule has 1 aromatic carbocycles. The summed E-state index contributed by atoms with van der Waals surface area (Å²) in [6.45, 7) is 1.69. The minimum absolute atomic E-state index is 0.0124. The van der Waals surface area contributed by atoms with Crippen molar-refractivity contribution in [2.75, 3.05) is 11.9 Å². The van der Waals surface area contributed by atoms with Gasteiger partial charge in [0.1, 0.15) is 35.1 Å². The predicted molar refractivity (Wildman–Crippen MR) is 111 cm³/mol. The zero-order valence-electron chi connectivity index (χ0n) is 17.9. The van der Waals surface area contributed by atoms with E-state index in [1.54, 1.807) is 6.92 Å². The number of aromatic amines is 1. The van der Waals surface area contributed by atoms with Crippen LogP contribution in [0.25, 0.3) is 11.0 Å². The molecular weight excluding hydrogens is 460 g/mol. The van der Waals surface area contributed by atoms with Crippen molar-refractivity contribution in [1.82, 2.24) is 15.0 Å². The number of hydrogen-bond acceptors (Lipinski definition) is 7. The number of hydrogen-bond donors (Lipinski definition) is 4. The Bertz CT molecular complexity index is 1210. The molecule has 0 spiro atoms. The van der Waals surface area contributed by atoms with Gasteiger partial charge < -0.3 is 30.0 Å². The van der Waals surface area contributed by atoms with Crippen molar-refractivity contribution < 1.29 is 37.2 Å². The first-order valence-electron chi connectivity index (χ1n) is 10.7. The molecule has 0 bridgehead atoms. The average molecular weight is 482 g/mol. The smallest absolute Gasteiger partial charge is 0.431 e. The maximum atomic E-state index is 13.9. The SMILES string of the molecule is C[C@H]1C[C@](O)([C@H]2COc3cc(F)ccc3[C@@H]2Nc2ncnc3[nH]c(C(F)(F)F)cc23)C[C@@H](O)O1. The number of rotatable bonds is 3. The topological polar surface area (TPSA) is 113 Å². The van der Waals surface area contributed by atoms with Gasteiger partial charge in [0.05, 0.1) is 29.7 Å². The first-order chi connectivity index (χ1) is 16.0. The van der Waals surface area contributed by atoms with Gasteiger partial charge in [0.15, 0.2) is 6.29 Å². The number of aliphatic hydroxyl groups is 2. The van der Waals surface area contributed by atoms with Crippen LogP contribution in [0.2, 0.25) is 0 Å². The highest BCUT2D eigenvalue weighted by atomic mass is 19.4. The first kappa shape index (κ1) is 22.8. The molecule has 2 aromatic heterocycles. The molecule has 2 aliphatic rings. The van der Waals surface area contributed by atoms with Crippen molar-refractivity contribution in [2.24, 2.45) is 5.92 Å². The zero-order chi connectivity index (χ0) is 24.3. The van der Waals surface area contributed by atoms with E-state index in [1.165, 1.54) is 18.2 Å². The van der Waals surface area contributed by atoms with Gasteiger partial charge >= 0.3 is 6.18 Å². The Balaban J connectivity index is 1.58. The van der Waals surface area contributed by atoms with Gasteiger partial charge in [0.2, 0.25) is 0 Å². The van der Waals surface area contributed by atoms with Gasteiger partial charge in [-0.25, -0.2) is 14.4 Å². The number of aromatic nitrogens is 3. The van der Waals surface area contributed by atoms with Crippen molar-refractivity contribution in [3.63, 3.8) is 0 Å². The number of fused-ring (bicyclic) bond motifs is 2. The fourth-order valence-corrected chi connectivity index (χ4v) is 4.93. The number of nitrogens with zero attached hydrogens (tertiary/aromatic N) is 2. The van der Waals surface area contributed by atoms with Gasteiger partial charge in [-0.3, -0.25) is 0 Å². The molecule has 0 aliphatic carbocycles. The van der Waals surface area contributed by atoms with Crippen molar-refractivity contribution in [2.45, 2.75) is 50.0 Å². The van der Waals surface area contributed by atoms with E-state index in [0.29, 0.717) is 5.56 Å². The normalized spacial score (nSPS) is 29.5. The van der Waals surface area contributed by atoms with Crippen LogP contribution in [0.3, 0.4) is 0 Å². The third-order valence-electron chi connectivity index (χ3n) is 6.40. The Kier molecular flexibility index (Phi) is 5.41. The fraction of sp³-hybridized carbons (Fsp3) is 0.455. The summed E-state index contributed by atoms with van der Waals surface area (Å²) in [5, 5.41) is 25.0.